The lowest BCUT2D eigenvalue weighted by Crippen LogP contribution is -2.39. The summed E-state index contributed by atoms with van der Waals surface area (Å²) in [4.78, 5) is 18.5. The molecule has 1 aliphatic rings. The monoisotopic (exact) mass is 298 g/mol. The second-order valence-electron chi connectivity index (χ2n) is 5.27. The number of nitrogens with zero attached hydrogens (tertiary/aromatic N) is 2. The molecule has 1 fully saturated rings. The van der Waals surface area contributed by atoms with Crippen LogP contribution in [0, 0.1) is 0 Å². The van der Waals surface area contributed by atoms with Gasteiger partial charge in [0.15, 0.2) is 5.13 Å². The van der Waals surface area contributed by atoms with E-state index in [1.165, 1.54) is 11.3 Å². The zero-order valence-electron chi connectivity index (χ0n) is 12.3. The Labute approximate surface area is 123 Å². The van der Waals surface area contributed by atoms with Crippen LogP contribution in [0.25, 0.3) is 0 Å². The number of aromatic carboxylic acids is 1. The van der Waals surface area contributed by atoms with Gasteiger partial charge in [-0.3, -0.25) is 0 Å². The van der Waals surface area contributed by atoms with Gasteiger partial charge in [0.1, 0.15) is 4.88 Å². The molecule has 2 rings (SSSR count). The van der Waals surface area contributed by atoms with Crippen LogP contribution in [0.4, 0.5) is 5.13 Å². The molecule has 1 saturated heterocycles. The number of anilines is 1. The molecule has 0 saturated carbocycles. The Morgan fingerprint density at radius 3 is 3.00 bits per heavy atom. The number of carbonyl (C=O) groups is 1. The van der Waals surface area contributed by atoms with Crippen molar-refractivity contribution in [1.29, 1.82) is 0 Å². The van der Waals surface area contributed by atoms with Gasteiger partial charge in [-0.2, -0.15) is 0 Å². The van der Waals surface area contributed by atoms with Crippen LogP contribution in [0.3, 0.4) is 0 Å². The van der Waals surface area contributed by atoms with Crippen LogP contribution in [-0.2, 0) is 4.74 Å². The average molecular weight is 298 g/mol. The first-order valence-corrected chi connectivity index (χ1v) is 7.90. The second-order valence-corrected chi connectivity index (χ2v) is 6.25. The lowest BCUT2D eigenvalue weighted by Gasteiger charge is -2.31. The summed E-state index contributed by atoms with van der Waals surface area (Å²) in [6, 6.07) is 0. The Hall–Kier alpha value is -1.14. The molecular weight excluding hydrogens is 276 g/mol. The van der Waals surface area contributed by atoms with E-state index >= 15 is 0 Å². The van der Waals surface area contributed by atoms with Gasteiger partial charge >= 0.3 is 5.97 Å². The lowest BCUT2D eigenvalue weighted by atomic mass is 10.0. The molecule has 0 aliphatic carbocycles. The summed E-state index contributed by atoms with van der Waals surface area (Å²) in [6.45, 7) is 5.80. The maximum Gasteiger partial charge on any atom is 0.347 e. The Morgan fingerprint density at radius 1 is 1.65 bits per heavy atom. The van der Waals surface area contributed by atoms with Gasteiger partial charge in [0.05, 0.1) is 11.8 Å². The van der Waals surface area contributed by atoms with Crippen LogP contribution in [0.1, 0.15) is 54.4 Å². The average Bonchev–Trinajstić information content (AvgIpc) is 2.92. The summed E-state index contributed by atoms with van der Waals surface area (Å²) in [7, 11) is 1.73. The molecule has 0 aromatic carbocycles. The van der Waals surface area contributed by atoms with Crippen LogP contribution < -0.4 is 4.90 Å². The van der Waals surface area contributed by atoms with Crippen LogP contribution >= 0.6 is 11.3 Å². The quantitative estimate of drug-likeness (QED) is 0.905. The van der Waals surface area contributed by atoms with Crippen molar-refractivity contribution in [3.63, 3.8) is 0 Å². The predicted octanol–water partition coefficient (Wildman–Crippen LogP) is 2.97. The fourth-order valence-corrected chi connectivity index (χ4v) is 3.50. The summed E-state index contributed by atoms with van der Waals surface area (Å²) in [5.74, 6) is -0.696. The molecule has 6 heteroatoms. The standard InChI is InChI=1S/C14H22N2O3S/c1-4-9(2)11-12(13(17)18)20-14(15-11)16-7-5-6-10(8-16)19-3/h9-10H,4-8H2,1-3H3,(H,17,18). The van der Waals surface area contributed by atoms with Crippen molar-refractivity contribution in [1.82, 2.24) is 4.98 Å². The highest BCUT2D eigenvalue weighted by Crippen LogP contribution is 2.33. The molecule has 0 radical (unpaired) electrons. The Balaban J connectivity index is 2.26. The van der Waals surface area contributed by atoms with Gasteiger partial charge in [-0.15, -0.1) is 0 Å². The first-order chi connectivity index (χ1) is 9.56. The smallest absolute Gasteiger partial charge is 0.347 e. The molecule has 112 valence electrons. The maximum atomic E-state index is 11.4. The van der Waals surface area contributed by atoms with E-state index < -0.39 is 5.97 Å². The summed E-state index contributed by atoms with van der Waals surface area (Å²) in [5, 5.41) is 10.2. The van der Waals surface area contributed by atoms with E-state index in [0.29, 0.717) is 4.88 Å². The number of methoxy groups -OCH3 is 1. The number of thiazole rings is 1. The molecule has 20 heavy (non-hydrogen) atoms. The topological polar surface area (TPSA) is 62.7 Å². The van der Waals surface area contributed by atoms with Crippen molar-refractivity contribution in [2.75, 3.05) is 25.1 Å². The minimum absolute atomic E-state index is 0.175. The third-order valence-corrected chi connectivity index (χ3v) is 5.02. The van der Waals surface area contributed by atoms with Crippen LogP contribution in [-0.4, -0.2) is 42.4 Å². The molecule has 0 spiro atoms. The predicted molar refractivity (Wildman–Crippen MR) is 80.0 cm³/mol. The van der Waals surface area contributed by atoms with E-state index in [9.17, 15) is 9.90 Å². The van der Waals surface area contributed by atoms with Crippen LogP contribution in [0.15, 0.2) is 0 Å². The van der Waals surface area contributed by atoms with Gasteiger partial charge in [-0.1, -0.05) is 25.2 Å². The Kier molecular flexibility index (Phi) is 4.99. The number of hydrogen-bond donors (Lipinski definition) is 1. The molecule has 2 atom stereocenters. The lowest BCUT2D eigenvalue weighted by molar-refractivity contribution is 0.0700. The normalized spacial score (nSPS) is 20.9. The summed E-state index contributed by atoms with van der Waals surface area (Å²) in [5.41, 5.74) is 0.722. The second kappa shape index (κ2) is 6.54. The van der Waals surface area contributed by atoms with Crippen LogP contribution in [0.2, 0.25) is 0 Å². The molecule has 2 unspecified atom stereocenters. The van der Waals surface area contributed by atoms with E-state index in [0.717, 1.165) is 43.2 Å². The van der Waals surface area contributed by atoms with Crippen LogP contribution in [0.5, 0.6) is 0 Å². The molecule has 1 aromatic heterocycles. The third-order valence-electron chi connectivity index (χ3n) is 3.90. The third kappa shape index (κ3) is 3.12. The van der Waals surface area contributed by atoms with Crippen molar-refractivity contribution in [2.24, 2.45) is 0 Å². The molecule has 0 amide bonds. The number of hydrogen-bond acceptors (Lipinski definition) is 5. The highest BCUT2D eigenvalue weighted by atomic mass is 32.1. The first-order valence-electron chi connectivity index (χ1n) is 7.08. The zero-order valence-corrected chi connectivity index (χ0v) is 13.1. The minimum Gasteiger partial charge on any atom is -0.477 e. The van der Waals surface area contributed by atoms with Gasteiger partial charge in [0, 0.05) is 20.2 Å². The molecule has 0 bridgehead atoms. The van der Waals surface area contributed by atoms with Gasteiger partial charge in [-0.25, -0.2) is 9.78 Å². The van der Waals surface area contributed by atoms with Crippen molar-refractivity contribution in [3.8, 4) is 0 Å². The number of aromatic nitrogens is 1. The van der Waals surface area contributed by atoms with Crippen molar-refractivity contribution >= 4 is 22.4 Å². The van der Waals surface area contributed by atoms with Gasteiger partial charge in [0.25, 0.3) is 0 Å². The number of piperidine rings is 1. The largest absolute Gasteiger partial charge is 0.477 e. The number of carboxylic acid groups (broad SMARTS) is 1. The van der Waals surface area contributed by atoms with Gasteiger partial charge in [-0.05, 0) is 25.2 Å². The van der Waals surface area contributed by atoms with E-state index in [-0.39, 0.29) is 12.0 Å². The van der Waals surface area contributed by atoms with E-state index in [1.54, 1.807) is 7.11 Å². The summed E-state index contributed by atoms with van der Waals surface area (Å²) >= 11 is 1.29. The summed E-state index contributed by atoms with van der Waals surface area (Å²) in [6.07, 6.45) is 3.22. The maximum absolute atomic E-state index is 11.4. The van der Waals surface area contributed by atoms with E-state index in [4.69, 9.17) is 4.74 Å². The first kappa shape index (κ1) is 15.3. The molecule has 2 heterocycles. The Morgan fingerprint density at radius 2 is 2.40 bits per heavy atom. The molecule has 1 N–H and O–H groups in total. The molecule has 5 nitrogen and oxygen atoms in total. The minimum atomic E-state index is -0.871. The number of carboxylic acids is 1. The molecular formula is C14H22N2O3S. The fourth-order valence-electron chi connectivity index (χ4n) is 2.44. The van der Waals surface area contributed by atoms with Gasteiger partial charge < -0.3 is 14.7 Å². The highest BCUT2D eigenvalue weighted by Gasteiger charge is 2.26. The number of rotatable bonds is 5. The SMILES string of the molecule is CCC(C)c1nc(N2CCCC(OC)C2)sc1C(=O)O. The highest BCUT2D eigenvalue weighted by molar-refractivity contribution is 7.17. The van der Waals surface area contributed by atoms with Gasteiger partial charge in [0.2, 0.25) is 0 Å². The fraction of sp³-hybridized carbons (Fsp3) is 0.714. The van der Waals surface area contributed by atoms with E-state index in [2.05, 4.69) is 16.8 Å². The molecule has 1 aliphatic heterocycles. The summed E-state index contributed by atoms with van der Waals surface area (Å²) < 4.78 is 5.41. The van der Waals surface area contributed by atoms with Crippen molar-refractivity contribution in [3.05, 3.63) is 10.6 Å². The zero-order chi connectivity index (χ0) is 14.7. The van der Waals surface area contributed by atoms with Crippen molar-refractivity contribution in [2.45, 2.75) is 45.1 Å². The molecule has 1 aromatic rings. The Bertz CT molecular complexity index is 475. The van der Waals surface area contributed by atoms with Crippen molar-refractivity contribution < 1.29 is 14.6 Å². The van der Waals surface area contributed by atoms with E-state index in [1.807, 2.05) is 6.92 Å². The number of ether oxygens (including phenoxy) is 1.